The Morgan fingerprint density at radius 1 is 1.35 bits per heavy atom. The van der Waals surface area contributed by atoms with Crippen molar-refractivity contribution in [1.82, 2.24) is 10.2 Å². The topological polar surface area (TPSA) is 32.3 Å². The number of rotatable bonds is 5. The fraction of sp³-hybridized carbons (Fsp3) is 0.471. The zero-order chi connectivity index (χ0) is 14.4. The normalized spacial score (nSPS) is 16.7. The van der Waals surface area contributed by atoms with Gasteiger partial charge in [0.2, 0.25) is 5.91 Å². The molecule has 2 rings (SSSR count). The van der Waals surface area contributed by atoms with Gasteiger partial charge in [0.15, 0.2) is 0 Å². The molecule has 3 nitrogen and oxygen atoms in total. The van der Waals surface area contributed by atoms with E-state index in [0.29, 0.717) is 0 Å². The van der Waals surface area contributed by atoms with Gasteiger partial charge in [-0.1, -0.05) is 50.3 Å². The van der Waals surface area contributed by atoms with Crippen molar-refractivity contribution < 1.29 is 4.79 Å². The molecule has 1 unspecified atom stereocenters. The molecule has 1 aliphatic heterocycles. The summed E-state index contributed by atoms with van der Waals surface area (Å²) >= 11 is 0. The highest BCUT2D eigenvalue weighted by atomic mass is 16.2. The molecule has 1 atom stereocenters. The second kappa shape index (κ2) is 7.25. The maximum Gasteiger partial charge on any atom is 0.226 e. The molecule has 0 radical (unpaired) electrons. The van der Waals surface area contributed by atoms with Gasteiger partial charge in [-0.2, -0.15) is 0 Å². The molecule has 1 N–H and O–H groups in total. The summed E-state index contributed by atoms with van der Waals surface area (Å²) in [6.07, 6.45) is 3.14. The third-order valence-electron chi connectivity index (χ3n) is 3.79. The lowest BCUT2D eigenvalue weighted by Crippen LogP contribution is -2.41. The van der Waals surface area contributed by atoms with Gasteiger partial charge < -0.3 is 10.2 Å². The van der Waals surface area contributed by atoms with Gasteiger partial charge in [0, 0.05) is 25.6 Å². The van der Waals surface area contributed by atoms with Crippen LogP contribution in [0.25, 0.3) is 5.57 Å². The van der Waals surface area contributed by atoms with Crippen molar-refractivity contribution in [3.8, 4) is 0 Å². The second-order valence-electron chi connectivity index (χ2n) is 5.34. The first kappa shape index (κ1) is 14.8. The van der Waals surface area contributed by atoms with E-state index in [1.165, 1.54) is 11.1 Å². The Labute approximate surface area is 121 Å². The number of benzene rings is 1. The van der Waals surface area contributed by atoms with Crippen molar-refractivity contribution in [3.63, 3.8) is 0 Å². The molecule has 108 valence electrons. The van der Waals surface area contributed by atoms with E-state index in [4.69, 9.17) is 0 Å². The quantitative estimate of drug-likeness (QED) is 0.893. The largest absolute Gasteiger partial charge is 0.338 e. The molecule has 1 aliphatic rings. The Balaban J connectivity index is 1.93. The highest BCUT2D eigenvalue weighted by molar-refractivity contribution is 5.80. The number of nitrogens with zero attached hydrogens (tertiary/aromatic N) is 1. The van der Waals surface area contributed by atoms with Crippen LogP contribution in [0.1, 0.15) is 25.8 Å². The van der Waals surface area contributed by atoms with Crippen LogP contribution in [0.2, 0.25) is 0 Å². The third-order valence-corrected chi connectivity index (χ3v) is 3.79. The van der Waals surface area contributed by atoms with Crippen LogP contribution in [-0.2, 0) is 4.79 Å². The lowest BCUT2D eigenvalue weighted by atomic mass is 9.99. The smallest absolute Gasteiger partial charge is 0.226 e. The zero-order valence-corrected chi connectivity index (χ0v) is 12.4. The maximum atomic E-state index is 12.3. The molecule has 1 amide bonds. The molecular weight excluding hydrogens is 248 g/mol. The van der Waals surface area contributed by atoms with E-state index >= 15 is 0 Å². The van der Waals surface area contributed by atoms with Crippen LogP contribution >= 0.6 is 0 Å². The summed E-state index contributed by atoms with van der Waals surface area (Å²) in [7, 11) is 0. The molecule has 0 saturated carbocycles. The number of carbonyl (C=O) groups excluding carboxylic acids is 1. The van der Waals surface area contributed by atoms with Gasteiger partial charge in [0.1, 0.15) is 0 Å². The molecule has 0 bridgehead atoms. The average molecular weight is 272 g/mol. The first-order chi connectivity index (χ1) is 9.72. The van der Waals surface area contributed by atoms with Gasteiger partial charge in [-0.05, 0) is 24.1 Å². The average Bonchev–Trinajstić information content (AvgIpc) is 2.53. The fourth-order valence-corrected chi connectivity index (χ4v) is 2.54. The van der Waals surface area contributed by atoms with Gasteiger partial charge in [-0.25, -0.2) is 0 Å². The van der Waals surface area contributed by atoms with Gasteiger partial charge in [0.25, 0.3) is 0 Å². The minimum absolute atomic E-state index is 0.0571. The SMILES string of the molecule is CCNCC(C)C(=O)N1CC=C(c2ccccc2)CC1. The Bertz CT molecular complexity index is 467. The minimum atomic E-state index is 0.0571. The second-order valence-corrected chi connectivity index (χ2v) is 5.34. The van der Waals surface area contributed by atoms with Crippen molar-refractivity contribution in [1.29, 1.82) is 0 Å². The number of hydrogen-bond acceptors (Lipinski definition) is 2. The summed E-state index contributed by atoms with van der Waals surface area (Å²) in [6.45, 7) is 7.31. The van der Waals surface area contributed by atoms with E-state index in [1.54, 1.807) is 0 Å². The van der Waals surface area contributed by atoms with Crippen LogP contribution in [0.15, 0.2) is 36.4 Å². The molecule has 0 saturated heterocycles. The summed E-state index contributed by atoms with van der Waals surface area (Å²) in [5, 5.41) is 3.24. The number of hydrogen-bond donors (Lipinski definition) is 1. The van der Waals surface area contributed by atoms with E-state index < -0.39 is 0 Å². The Kier molecular flexibility index (Phi) is 5.36. The Hall–Kier alpha value is -1.61. The van der Waals surface area contributed by atoms with Crippen LogP contribution in [0.5, 0.6) is 0 Å². The summed E-state index contributed by atoms with van der Waals surface area (Å²) in [5.41, 5.74) is 2.63. The zero-order valence-electron chi connectivity index (χ0n) is 12.4. The fourth-order valence-electron chi connectivity index (χ4n) is 2.54. The Morgan fingerprint density at radius 3 is 2.70 bits per heavy atom. The van der Waals surface area contributed by atoms with E-state index in [2.05, 4.69) is 42.6 Å². The van der Waals surface area contributed by atoms with Gasteiger partial charge in [-0.15, -0.1) is 0 Å². The molecule has 0 aromatic heterocycles. The summed E-state index contributed by atoms with van der Waals surface area (Å²) in [4.78, 5) is 14.3. The highest BCUT2D eigenvalue weighted by Crippen LogP contribution is 2.22. The van der Waals surface area contributed by atoms with E-state index in [9.17, 15) is 4.79 Å². The third kappa shape index (κ3) is 3.70. The lowest BCUT2D eigenvalue weighted by molar-refractivity contribution is -0.134. The molecule has 0 spiro atoms. The van der Waals surface area contributed by atoms with Crippen molar-refractivity contribution >= 4 is 11.5 Å². The van der Waals surface area contributed by atoms with E-state index in [1.807, 2.05) is 17.9 Å². The van der Waals surface area contributed by atoms with Crippen molar-refractivity contribution in [2.45, 2.75) is 20.3 Å². The van der Waals surface area contributed by atoms with Crippen molar-refractivity contribution in [2.24, 2.45) is 5.92 Å². The number of carbonyl (C=O) groups is 1. The molecule has 1 heterocycles. The maximum absolute atomic E-state index is 12.3. The first-order valence-electron chi connectivity index (χ1n) is 7.46. The minimum Gasteiger partial charge on any atom is -0.338 e. The number of amides is 1. The van der Waals surface area contributed by atoms with Crippen LogP contribution in [0, 0.1) is 5.92 Å². The molecule has 0 aliphatic carbocycles. The molecule has 1 aromatic carbocycles. The Morgan fingerprint density at radius 2 is 2.10 bits per heavy atom. The molecule has 0 fully saturated rings. The molecule has 1 aromatic rings. The molecular formula is C17H24N2O. The van der Waals surface area contributed by atoms with Gasteiger partial charge in [0.05, 0.1) is 0 Å². The molecule has 3 heteroatoms. The van der Waals surface area contributed by atoms with Crippen LogP contribution in [-0.4, -0.2) is 37.0 Å². The number of nitrogens with one attached hydrogen (secondary N) is 1. The van der Waals surface area contributed by atoms with Crippen molar-refractivity contribution in [2.75, 3.05) is 26.2 Å². The standard InChI is InChI=1S/C17H24N2O/c1-3-18-13-14(2)17(20)19-11-9-16(10-12-19)15-7-5-4-6-8-15/h4-9,14,18H,3,10-13H2,1-2H3. The van der Waals surface area contributed by atoms with Crippen molar-refractivity contribution in [3.05, 3.63) is 42.0 Å². The van der Waals surface area contributed by atoms with Gasteiger partial charge >= 0.3 is 0 Å². The summed E-state index contributed by atoms with van der Waals surface area (Å²) in [5.74, 6) is 0.316. The monoisotopic (exact) mass is 272 g/mol. The predicted molar refractivity (Wildman–Crippen MR) is 83.3 cm³/mol. The summed E-state index contributed by atoms with van der Waals surface area (Å²) < 4.78 is 0. The highest BCUT2D eigenvalue weighted by Gasteiger charge is 2.22. The molecule has 20 heavy (non-hydrogen) atoms. The van der Waals surface area contributed by atoms with Crippen LogP contribution in [0.4, 0.5) is 0 Å². The van der Waals surface area contributed by atoms with Gasteiger partial charge in [-0.3, -0.25) is 4.79 Å². The van der Waals surface area contributed by atoms with E-state index in [-0.39, 0.29) is 11.8 Å². The first-order valence-corrected chi connectivity index (χ1v) is 7.46. The van der Waals surface area contributed by atoms with Crippen LogP contribution in [0.3, 0.4) is 0 Å². The summed E-state index contributed by atoms with van der Waals surface area (Å²) in [6, 6.07) is 10.4. The van der Waals surface area contributed by atoms with Crippen LogP contribution < -0.4 is 5.32 Å². The predicted octanol–water partition coefficient (Wildman–Crippen LogP) is 2.55. The lowest BCUT2D eigenvalue weighted by Gasteiger charge is -2.29. The van der Waals surface area contributed by atoms with E-state index in [0.717, 1.165) is 32.6 Å².